The number of aryl methyl sites for hydroxylation is 1. The van der Waals surface area contributed by atoms with Crippen molar-refractivity contribution in [2.45, 2.75) is 12.8 Å². The molecule has 152 valence electrons. The van der Waals surface area contributed by atoms with E-state index in [4.69, 9.17) is 9.47 Å². The van der Waals surface area contributed by atoms with Gasteiger partial charge in [0.25, 0.3) is 0 Å². The third kappa shape index (κ3) is 3.48. The van der Waals surface area contributed by atoms with Gasteiger partial charge in [-0.1, -0.05) is 48.5 Å². The van der Waals surface area contributed by atoms with Crippen LogP contribution in [0, 0.1) is 6.92 Å². The fourth-order valence-corrected chi connectivity index (χ4v) is 3.93. The molecule has 0 radical (unpaired) electrons. The molecule has 6 heteroatoms. The predicted octanol–water partition coefficient (Wildman–Crippen LogP) is 5.06. The summed E-state index contributed by atoms with van der Waals surface area (Å²) in [5.74, 6) is -0.842. The number of benzene rings is 3. The Morgan fingerprint density at radius 2 is 1.60 bits per heavy atom. The van der Waals surface area contributed by atoms with Crippen molar-refractivity contribution in [3.05, 3.63) is 82.9 Å². The number of aromatic carboxylic acids is 1. The Bertz CT molecular complexity index is 1090. The number of amides is 1. The van der Waals surface area contributed by atoms with Gasteiger partial charge in [0, 0.05) is 5.92 Å². The molecule has 0 bridgehead atoms. The van der Waals surface area contributed by atoms with Crippen molar-refractivity contribution in [1.29, 1.82) is 0 Å². The molecule has 0 saturated heterocycles. The second kappa shape index (κ2) is 7.91. The molecule has 0 atom stereocenters. The average Bonchev–Trinajstić information content (AvgIpc) is 3.06. The van der Waals surface area contributed by atoms with Gasteiger partial charge in [-0.15, -0.1) is 0 Å². The number of hydrogen-bond donors (Lipinski definition) is 2. The maximum Gasteiger partial charge on any atom is 0.411 e. The summed E-state index contributed by atoms with van der Waals surface area (Å²) in [6.07, 6.45) is -0.627. The maximum atomic E-state index is 12.5. The van der Waals surface area contributed by atoms with E-state index in [2.05, 4.69) is 29.6 Å². The molecule has 0 aliphatic heterocycles. The molecule has 1 aliphatic rings. The van der Waals surface area contributed by atoms with E-state index in [1.165, 1.54) is 13.2 Å². The summed E-state index contributed by atoms with van der Waals surface area (Å²) in [4.78, 5) is 23.8. The van der Waals surface area contributed by atoms with Crippen LogP contribution in [0.4, 0.5) is 10.5 Å². The number of anilines is 1. The lowest BCUT2D eigenvalue weighted by Crippen LogP contribution is -2.18. The van der Waals surface area contributed by atoms with Crippen LogP contribution in [0.25, 0.3) is 11.1 Å². The molecule has 6 nitrogen and oxygen atoms in total. The Labute approximate surface area is 174 Å². The minimum Gasteiger partial charge on any atom is -0.495 e. The van der Waals surface area contributed by atoms with E-state index in [0.29, 0.717) is 11.3 Å². The van der Waals surface area contributed by atoms with Crippen molar-refractivity contribution in [2.24, 2.45) is 0 Å². The van der Waals surface area contributed by atoms with E-state index in [-0.39, 0.29) is 23.8 Å². The third-order valence-electron chi connectivity index (χ3n) is 5.36. The molecule has 1 amide bonds. The monoisotopic (exact) mass is 403 g/mol. The number of nitrogens with one attached hydrogen (secondary N) is 1. The highest BCUT2D eigenvalue weighted by Crippen LogP contribution is 2.44. The van der Waals surface area contributed by atoms with Crippen molar-refractivity contribution in [2.75, 3.05) is 19.0 Å². The molecule has 0 saturated carbocycles. The minimum atomic E-state index is -1.06. The van der Waals surface area contributed by atoms with E-state index in [1.54, 1.807) is 13.0 Å². The van der Waals surface area contributed by atoms with Crippen molar-refractivity contribution < 1.29 is 24.2 Å². The van der Waals surface area contributed by atoms with E-state index >= 15 is 0 Å². The van der Waals surface area contributed by atoms with Crippen LogP contribution < -0.4 is 10.1 Å². The highest BCUT2D eigenvalue weighted by molar-refractivity contribution is 5.93. The molecule has 30 heavy (non-hydrogen) atoms. The molecule has 0 heterocycles. The second-order valence-electron chi connectivity index (χ2n) is 7.12. The Morgan fingerprint density at radius 1 is 1.00 bits per heavy atom. The van der Waals surface area contributed by atoms with Crippen LogP contribution in [-0.4, -0.2) is 30.9 Å². The SMILES string of the molecule is COc1cc(C(=O)O)c(C)cc1NC(=O)OCC1c2ccccc2-c2ccccc21. The van der Waals surface area contributed by atoms with E-state index in [1.807, 2.05) is 24.3 Å². The lowest BCUT2D eigenvalue weighted by molar-refractivity contribution is 0.0695. The molecule has 2 N–H and O–H groups in total. The zero-order valence-electron chi connectivity index (χ0n) is 16.6. The van der Waals surface area contributed by atoms with Gasteiger partial charge in [0.2, 0.25) is 0 Å². The molecular weight excluding hydrogens is 382 g/mol. The van der Waals surface area contributed by atoms with Gasteiger partial charge in [0.15, 0.2) is 0 Å². The second-order valence-corrected chi connectivity index (χ2v) is 7.12. The Morgan fingerprint density at radius 3 is 2.17 bits per heavy atom. The first-order chi connectivity index (χ1) is 14.5. The Kier molecular flexibility index (Phi) is 5.14. The van der Waals surface area contributed by atoms with Gasteiger partial charge in [-0.05, 0) is 46.9 Å². The van der Waals surface area contributed by atoms with Crippen LogP contribution >= 0.6 is 0 Å². The fourth-order valence-electron chi connectivity index (χ4n) is 3.93. The smallest absolute Gasteiger partial charge is 0.411 e. The molecule has 1 aliphatic carbocycles. The summed E-state index contributed by atoms with van der Waals surface area (Å²) in [6, 6.07) is 19.2. The van der Waals surface area contributed by atoms with Crippen LogP contribution in [0.3, 0.4) is 0 Å². The van der Waals surface area contributed by atoms with E-state index in [9.17, 15) is 14.7 Å². The van der Waals surface area contributed by atoms with Gasteiger partial charge in [-0.2, -0.15) is 0 Å². The molecule has 0 aromatic heterocycles. The fraction of sp³-hybridized carbons (Fsp3) is 0.167. The number of ether oxygens (including phenoxy) is 2. The first-order valence-electron chi connectivity index (χ1n) is 9.53. The zero-order chi connectivity index (χ0) is 21.3. The minimum absolute atomic E-state index is 0.0406. The summed E-state index contributed by atoms with van der Waals surface area (Å²) >= 11 is 0. The van der Waals surface area contributed by atoms with Gasteiger partial charge >= 0.3 is 12.1 Å². The number of fused-ring (bicyclic) bond motifs is 3. The predicted molar refractivity (Wildman–Crippen MR) is 113 cm³/mol. The Balaban J connectivity index is 1.51. The quantitative estimate of drug-likeness (QED) is 0.622. The number of methoxy groups -OCH3 is 1. The standard InChI is InChI=1S/C24H21NO5/c1-14-11-21(22(29-2)12-19(14)23(26)27)25-24(28)30-13-20-17-9-5-3-7-15(17)16-8-4-6-10-18(16)20/h3-12,20H,13H2,1-2H3,(H,25,28)(H,26,27). The van der Waals surface area contributed by atoms with Crippen LogP contribution in [0.15, 0.2) is 60.7 Å². The number of rotatable bonds is 5. The molecule has 0 fully saturated rings. The van der Waals surface area contributed by atoms with Crippen molar-refractivity contribution >= 4 is 17.7 Å². The maximum absolute atomic E-state index is 12.5. The summed E-state index contributed by atoms with van der Waals surface area (Å²) in [6.45, 7) is 1.85. The van der Waals surface area contributed by atoms with E-state index in [0.717, 1.165) is 22.3 Å². The normalized spacial score (nSPS) is 12.1. The van der Waals surface area contributed by atoms with Gasteiger partial charge in [0.1, 0.15) is 12.4 Å². The van der Waals surface area contributed by atoms with Crippen LogP contribution in [-0.2, 0) is 4.74 Å². The van der Waals surface area contributed by atoms with Crippen LogP contribution in [0.2, 0.25) is 0 Å². The van der Waals surface area contributed by atoms with Gasteiger partial charge in [-0.25, -0.2) is 9.59 Å². The number of hydrogen-bond acceptors (Lipinski definition) is 4. The number of carboxylic acid groups (broad SMARTS) is 1. The third-order valence-corrected chi connectivity index (χ3v) is 5.36. The summed E-state index contributed by atoms with van der Waals surface area (Å²) < 4.78 is 10.8. The van der Waals surface area contributed by atoms with E-state index < -0.39 is 12.1 Å². The molecule has 3 aromatic rings. The summed E-state index contributed by atoms with van der Waals surface area (Å²) in [7, 11) is 1.42. The van der Waals surface area contributed by atoms with Crippen molar-refractivity contribution in [1.82, 2.24) is 0 Å². The summed E-state index contributed by atoms with van der Waals surface area (Å²) in [5.41, 5.74) is 5.56. The van der Waals surface area contributed by atoms with Crippen LogP contribution in [0.1, 0.15) is 33.0 Å². The molecule has 3 aromatic carbocycles. The average molecular weight is 403 g/mol. The van der Waals surface area contributed by atoms with Gasteiger partial charge in [-0.3, -0.25) is 5.32 Å². The Hall–Kier alpha value is -3.80. The first-order valence-corrected chi connectivity index (χ1v) is 9.53. The molecule has 4 rings (SSSR count). The lowest BCUT2D eigenvalue weighted by Gasteiger charge is -2.16. The van der Waals surface area contributed by atoms with Gasteiger partial charge < -0.3 is 14.6 Å². The number of carboxylic acids is 1. The number of carbonyl (C=O) groups is 2. The molecular formula is C24H21NO5. The van der Waals surface area contributed by atoms with Crippen molar-refractivity contribution in [3.63, 3.8) is 0 Å². The molecule has 0 unspecified atom stereocenters. The largest absolute Gasteiger partial charge is 0.495 e. The molecule has 0 spiro atoms. The lowest BCUT2D eigenvalue weighted by atomic mass is 9.98. The topological polar surface area (TPSA) is 84.9 Å². The zero-order valence-corrected chi connectivity index (χ0v) is 16.6. The highest BCUT2D eigenvalue weighted by atomic mass is 16.5. The highest BCUT2D eigenvalue weighted by Gasteiger charge is 2.29. The number of carbonyl (C=O) groups excluding carboxylic acids is 1. The van der Waals surface area contributed by atoms with Crippen LogP contribution in [0.5, 0.6) is 5.75 Å². The first kappa shape index (κ1) is 19.5. The van der Waals surface area contributed by atoms with Gasteiger partial charge in [0.05, 0.1) is 18.4 Å². The summed E-state index contributed by atoms with van der Waals surface area (Å²) in [5, 5.41) is 11.9. The van der Waals surface area contributed by atoms with Crippen molar-refractivity contribution in [3.8, 4) is 16.9 Å².